The molecule has 2 aromatic carbocycles. The van der Waals surface area contributed by atoms with Crippen LogP contribution >= 0.6 is 0 Å². The highest BCUT2D eigenvalue weighted by Crippen LogP contribution is 2.31. The zero-order chi connectivity index (χ0) is 18.0. The third-order valence-electron chi connectivity index (χ3n) is 4.62. The molecular formula is C19H23NO4S. The maximum absolute atomic E-state index is 12.8. The largest absolute Gasteiger partial charge is 0.497 e. The molecule has 1 aliphatic rings. The summed E-state index contributed by atoms with van der Waals surface area (Å²) in [6, 6.07) is 10.3. The van der Waals surface area contributed by atoms with E-state index >= 15 is 0 Å². The van der Waals surface area contributed by atoms with Crippen molar-refractivity contribution in [1.29, 1.82) is 0 Å². The van der Waals surface area contributed by atoms with E-state index in [4.69, 9.17) is 9.47 Å². The van der Waals surface area contributed by atoms with Crippen molar-refractivity contribution in [2.45, 2.75) is 37.1 Å². The van der Waals surface area contributed by atoms with Gasteiger partial charge in [-0.25, -0.2) is 13.1 Å². The minimum Gasteiger partial charge on any atom is -0.497 e. The normalized spacial score (nSPS) is 14.8. The van der Waals surface area contributed by atoms with Crippen LogP contribution < -0.4 is 14.2 Å². The molecular weight excluding hydrogens is 338 g/mol. The van der Waals surface area contributed by atoms with E-state index in [-0.39, 0.29) is 0 Å². The van der Waals surface area contributed by atoms with Gasteiger partial charge in [0.15, 0.2) is 0 Å². The summed E-state index contributed by atoms with van der Waals surface area (Å²) >= 11 is 0. The number of methoxy groups -OCH3 is 2. The van der Waals surface area contributed by atoms with Gasteiger partial charge in [-0.05, 0) is 67.6 Å². The molecule has 0 saturated heterocycles. The molecule has 0 aromatic heterocycles. The van der Waals surface area contributed by atoms with Crippen molar-refractivity contribution in [2.75, 3.05) is 14.2 Å². The van der Waals surface area contributed by atoms with Crippen LogP contribution in [0.15, 0.2) is 41.3 Å². The second kappa shape index (κ2) is 7.06. The van der Waals surface area contributed by atoms with Gasteiger partial charge >= 0.3 is 0 Å². The molecule has 0 bridgehead atoms. The van der Waals surface area contributed by atoms with E-state index in [0.29, 0.717) is 16.4 Å². The quantitative estimate of drug-likeness (QED) is 0.858. The van der Waals surface area contributed by atoms with E-state index in [1.807, 2.05) is 6.07 Å². The van der Waals surface area contributed by atoms with Crippen molar-refractivity contribution in [3.05, 3.63) is 53.1 Å². The Balaban J connectivity index is 1.88. The first kappa shape index (κ1) is 17.8. The highest BCUT2D eigenvalue weighted by Gasteiger charge is 2.23. The van der Waals surface area contributed by atoms with Gasteiger partial charge < -0.3 is 9.47 Å². The van der Waals surface area contributed by atoms with Crippen molar-refractivity contribution in [3.8, 4) is 11.5 Å². The van der Waals surface area contributed by atoms with Gasteiger partial charge in [0.05, 0.1) is 19.1 Å². The number of sulfonamides is 1. The van der Waals surface area contributed by atoms with Gasteiger partial charge in [0.2, 0.25) is 10.0 Å². The number of benzene rings is 2. The summed E-state index contributed by atoms with van der Waals surface area (Å²) in [5, 5.41) is 0. The number of hydrogen-bond donors (Lipinski definition) is 1. The average molecular weight is 361 g/mol. The Morgan fingerprint density at radius 1 is 1.00 bits per heavy atom. The molecule has 1 atom stereocenters. The number of nitrogens with one attached hydrogen (secondary N) is 1. The maximum Gasteiger partial charge on any atom is 0.241 e. The van der Waals surface area contributed by atoms with Crippen LogP contribution in [0.1, 0.15) is 36.1 Å². The van der Waals surface area contributed by atoms with Crippen molar-refractivity contribution >= 4 is 10.0 Å². The van der Waals surface area contributed by atoms with Crippen molar-refractivity contribution < 1.29 is 17.9 Å². The smallest absolute Gasteiger partial charge is 0.241 e. The number of hydrogen-bond acceptors (Lipinski definition) is 4. The second-order valence-corrected chi connectivity index (χ2v) is 7.95. The highest BCUT2D eigenvalue weighted by molar-refractivity contribution is 7.89. The van der Waals surface area contributed by atoms with Crippen LogP contribution in [-0.2, 0) is 22.9 Å². The molecule has 0 spiro atoms. The molecule has 6 heteroatoms. The minimum atomic E-state index is -3.62. The lowest BCUT2D eigenvalue weighted by Crippen LogP contribution is -2.27. The molecule has 0 saturated carbocycles. The predicted octanol–water partition coefficient (Wildman–Crippen LogP) is 3.23. The molecule has 0 amide bonds. The van der Waals surface area contributed by atoms with Crippen molar-refractivity contribution in [3.63, 3.8) is 0 Å². The first-order valence-electron chi connectivity index (χ1n) is 8.30. The van der Waals surface area contributed by atoms with Crippen LogP contribution in [0.25, 0.3) is 0 Å². The first-order valence-corrected chi connectivity index (χ1v) is 9.79. The summed E-state index contributed by atoms with van der Waals surface area (Å²) < 4.78 is 38.9. The van der Waals surface area contributed by atoms with E-state index < -0.39 is 16.1 Å². The van der Waals surface area contributed by atoms with E-state index in [1.165, 1.54) is 5.56 Å². The number of rotatable bonds is 6. The number of aryl methyl sites for hydroxylation is 2. The summed E-state index contributed by atoms with van der Waals surface area (Å²) in [4.78, 5) is 0.307. The fourth-order valence-corrected chi connectivity index (χ4v) is 4.53. The van der Waals surface area contributed by atoms with Crippen molar-refractivity contribution in [1.82, 2.24) is 4.72 Å². The van der Waals surface area contributed by atoms with Gasteiger partial charge in [-0.1, -0.05) is 6.07 Å². The van der Waals surface area contributed by atoms with Crippen LogP contribution in [0, 0.1) is 0 Å². The Hall–Kier alpha value is -2.05. The lowest BCUT2D eigenvalue weighted by atomic mass is 10.1. The van der Waals surface area contributed by atoms with E-state index in [0.717, 1.165) is 30.4 Å². The van der Waals surface area contributed by atoms with Gasteiger partial charge in [0.1, 0.15) is 11.5 Å². The molecule has 25 heavy (non-hydrogen) atoms. The summed E-state index contributed by atoms with van der Waals surface area (Å²) in [6.07, 6.45) is 3.06. The van der Waals surface area contributed by atoms with Crippen molar-refractivity contribution in [2.24, 2.45) is 0 Å². The molecule has 0 unspecified atom stereocenters. The van der Waals surface area contributed by atoms with Gasteiger partial charge in [-0.15, -0.1) is 0 Å². The van der Waals surface area contributed by atoms with Gasteiger partial charge in [-0.3, -0.25) is 0 Å². The zero-order valence-corrected chi connectivity index (χ0v) is 15.5. The van der Waals surface area contributed by atoms with Crippen LogP contribution in [0.5, 0.6) is 11.5 Å². The van der Waals surface area contributed by atoms with Crippen LogP contribution in [0.2, 0.25) is 0 Å². The Labute approximate surface area is 149 Å². The Morgan fingerprint density at radius 2 is 1.76 bits per heavy atom. The molecule has 0 fully saturated rings. The summed E-state index contributed by atoms with van der Waals surface area (Å²) in [6.45, 7) is 1.79. The zero-order valence-electron chi connectivity index (χ0n) is 14.7. The molecule has 3 rings (SSSR count). The maximum atomic E-state index is 12.8. The van der Waals surface area contributed by atoms with E-state index in [1.54, 1.807) is 51.5 Å². The number of ether oxygens (including phenoxy) is 2. The fraction of sp³-hybridized carbons (Fsp3) is 0.368. The molecule has 1 N–H and O–H groups in total. The van der Waals surface area contributed by atoms with E-state index in [9.17, 15) is 8.42 Å². The third-order valence-corrected chi connectivity index (χ3v) is 6.15. The Morgan fingerprint density at radius 3 is 2.48 bits per heavy atom. The lowest BCUT2D eigenvalue weighted by molar-refractivity contribution is 0.395. The molecule has 2 aromatic rings. The minimum absolute atomic E-state index is 0.307. The standard InChI is InChI=1S/C19H23NO4S/c1-13(18-12-16(23-2)8-10-19(18)24-3)20-25(21,22)17-9-7-14-5-4-6-15(14)11-17/h7-13,20H,4-6H2,1-3H3/t13-/m1/s1. The molecule has 134 valence electrons. The summed E-state index contributed by atoms with van der Waals surface area (Å²) in [5.74, 6) is 1.27. The second-order valence-electron chi connectivity index (χ2n) is 6.23. The highest BCUT2D eigenvalue weighted by atomic mass is 32.2. The molecule has 1 aliphatic carbocycles. The summed E-state index contributed by atoms with van der Waals surface area (Å²) in [5.41, 5.74) is 3.11. The monoisotopic (exact) mass is 361 g/mol. The third kappa shape index (κ3) is 3.65. The van der Waals surface area contributed by atoms with Crippen LogP contribution in [0.3, 0.4) is 0 Å². The van der Waals surface area contributed by atoms with Crippen LogP contribution in [0.4, 0.5) is 0 Å². The van der Waals surface area contributed by atoms with Gasteiger partial charge in [0.25, 0.3) is 0 Å². The lowest BCUT2D eigenvalue weighted by Gasteiger charge is -2.18. The molecule has 0 heterocycles. The summed E-state index contributed by atoms with van der Waals surface area (Å²) in [7, 11) is -0.483. The predicted molar refractivity (Wildman–Crippen MR) is 96.7 cm³/mol. The Kier molecular flexibility index (Phi) is 5.01. The fourth-order valence-electron chi connectivity index (χ4n) is 3.26. The molecule has 5 nitrogen and oxygen atoms in total. The molecule has 0 aliphatic heterocycles. The average Bonchev–Trinajstić information content (AvgIpc) is 3.08. The van der Waals surface area contributed by atoms with E-state index in [2.05, 4.69) is 4.72 Å². The van der Waals surface area contributed by atoms with Crippen LogP contribution in [-0.4, -0.2) is 22.6 Å². The van der Waals surface area contributed by atoms with Gasteiger partial charge in [0, 0.05) is 11.6 Å². The van der Waals surface area contributed by atoms with Gasteiger partial charge in [-0.2, -0.15) is 0 Å². The molecule has 0 radical (unpaired) electrons. The first-order chi connectivity index (χ1) is 11.9. The number of fused-ring (bicyclic) bond motifs is 1. The topological polar surface area (TPSA) is 64.6 Å². The Bertz CT molecular complexity index is 877. The SMILES string of the molecule is COc1ccc(OC)c([C@@H](C)NS(=O)(=O)c2ccc3c(c2)CCC3)c1.